The maximum absolute atomic E-state index is 15.8. The lowest BCUT2D eigenvalue weighted by molar-refractivity contribution is 0.0695. The largest absolute Gasteiger partial charge is 0.477 e. The van der Waals surface area contributed by atoms with Gasteiger partial charge < -0.3 is 30.7 Å². The Morgan fingerprint density at radius 2 is 1.81 bits per heavy atom. The molecule has 0 unspecified atom stereocenters. The summed E-state index contributed by atoms with van der Waals surface area (Å²) in [4.78, 5) is 25.9. The molecular weight excluding hydrogens is 429 g/mol. The topological polar surface area (TPSA) is 121 Å². The highest BCUT2D eigenvalue weighted by molar-refractivity contribution is 5.94. The number of anilines is 2. The van der Waals surface area contributed by atoms with Gasteiger partial charge in [0.2, 0.25) is 5.43 Å². The first-order chi connectivity index (χ1) is 15.2. The number of aliphatic hydroxyl groups is 1. The second-order valence-corrected chi connectivity index (χ2v) is 7.36. The van der Waals surface area contributed by atoms with Crippen molar-refractivity contribution in [3.63, 3.8) is 0 Å². The first-order valence-corrected chi connectivity index (χ1v) is 9.70. The second-order valence-electron chi connectivity index (χ2n) is 7.36. The number of nitrogens with two attached hydrogens (primary N) is 1. The molecule has 0 radical (unpaired) electrons. The molecule has 11 heteroatoms. The minimum Gasteiger partial charge on any atom is -0.477 e. The third kappa shape index (κ3) is 3.45. The highest BCUT2D eigenvalue weighted by atomic mass is 19.1. The molecule has 0 aliphatic carbocycles. The first kappa shape index (κ1) is 21.7. The Kier molecular flexibility index (Phi) is 5.53. The van der Waals surface area contributed by atoms with Crippen LogP contribution in [0.3, 0.4) is 0 Å². The standard InChI is InChI=1S/C21H19F3N4O4/c22-13-5-10(9-29)16(7-15(13)25)28-8-12(21(31)32)20(30)11-6-14(23)19(17(24)18(11)28)27-3-1-26-2-4-27/h5-8,26,29H,1-4,9,25H2,(H,31,32). The van der Waals surface area contributed by atoms with Crippen LogP contribution in [-0.4, -0.2) is 46.9 Å². The van der Waals surface area contributed by atoms with Gasteiger partial charge in [0, 0.05) is 37.9 Å². The van der Waals surface area contributed by atoms with E-state index in [1.165, 1.54) is 4.90 Å². The quantitative estimate of drug-likeness (QED) is 0.448. The van der Waals surface area contributed by atoms with Gasteiger partial charge in [0.05, 0.1) is 28.9 Å². The number of nitrogens with one attached hydrogen (secondary N) is 1. The SMILES string of the molecule is Nc1cc(-n2cc(C(=O)O)c(=O)c3cc(F)c(N4CCNCC4)c(F)c32)c(CO)cc1F. The predicted octanol–water partition coefficient (Wildman–Crippen LogP) is 1.59. The van der Waals surface area contributed by atoms with Crippen LogP contribution in [0.1, 0.15) is 15.9 Å². The number of piperazine rings is 1. The number of benzene rings is 2. The molecule has 0 saturated carbocycles. The smallest absolute Gasteiger partial charge is 0.341 e. The normalized spacial score (nSPS) is 14.2. The number of aliphatic hydroxyl groups excluding tert-OH is 1. The van der Waals surface area contributed by atoms with Crippen LogP contribution in [0.4, 0.5) is 24.5 Å². The summed E-state index contributed by atoms with van der Waals surface area (Å²) in [5, 5.41) is 21.7. The Labute approximate surface area is 179 Å². The van der Waals surface area contributed by atoms with Gasteiger partial charge in [0.25, 0.3) is 0 Å². The minimum absolute atomic E-state index is 0.0366. The molecule has 1 aromatic heterocycles. The number of halogens is 3. The van der Waals surface area contributed by atoms with Gasteiger partial charge in [-0.3, -0.25) is 4.79 Å². The van der Waals surface area contributed by atoms with E-state index in [4.69, 9.17) is 5.73 Å². The van der Waals surface area contributed by atoms with Crippen LogP contribution in [0.25, 0.3) is 16.6 Å². The molecule has 1 fully saturated rings. The third-order valence-corrected chi connectivity index (χ3v) is 5.45. The number of carbonyl (C=O) groups is 1. The summed E-state index contributed by atoms with van der Waals surface area (Å²) < 4.78 is 45.7. The Balaban J connectivity index is 2.14. The number of hydrogen-bond donors (Lipinski definition) is 4. The molecule has 2 aromatic carbocycles. The molecule has 4 rings (SSSR count). The zero-order valence-corrected chi connectivity index (χ0v) is 16.7. The zero-order chi connectivity index (χ0) is 23.2. The maximum Gasteiger partial charge on any atom is 0.341 e. The number of nitrogens with zero attached hydrogens (tertiary/aromatic N) is 2. The monoisotopic (exact) mass is 448 g/mol. The molecule has 3 aromatic rings. The number of carboxylic acid groups (broad SMARTS) is 1. The van der Waals surface area contributed by atoms with Crippen LogP contribution < -0.4 is 21.4 Å². The van der Waals surface area contributed by atoms with Crippen molar-refractivity contribution in [2.45, 2.75) is 6.61 Å². The fourth-order valence-electron chi connectivity index (χ4n) is 3.90. The van der Waals surface area contributed by atoms with Gasteiger partial charge in [0.15, 0.2) is 5.82 Å². The fourth-order valence-corrected chi connectivity index (χ4v) is 3.90. The van der Waals surface area contributed by atoms with Crippen molar-refractivity contribution in [3.05, 3.63) is 63.2 Å². The molecule has 2 heterocycles. The van der Waals surface area contributed by atoms with Crippen LogP contribution in [0.15, 0.2) is 29.2 Å². The van der Waals surface area contributed by atoms with Crippen LogP contribution in [-0.2, 0) is 6.61 Å². The first-order valence-electron chi connectivity index (χ1n) is 9.70. The molecule has 0 atom stereocenters. The van der Waals surface area contributed by atoms with E-state index in [0.717, 1.165) is 29.0 Å². The van der Waals surface area contributed by atoms with Crippen molar-refractivity contribution in [3.8, 4) is 5.69 Å². The van der Waals surface area contributed by atoms with Crippen molar-refractivity contribution in [2.75, 3.05) is 36.8 Å². The molecule has 0 amide bonds. The van der Waals surface area contributed by atoms with E-state index in [2.05, 4.69) is 5.32 Å². The zero-order valence-electron chi connectivity index (χ0n) is 16.7. The molecule has 5 N–H and O–H groups in total. The van der Waals surface area contributed by atoms with Crippen LogP contribution in [0.5, 0.6) is 0 Å². The molecule has 8 nitrogen and oxygen atoms in total. The maximum atomic E-state index is 15.8. The Hall–Kier alpha value is -3.57. The van der Waals surface area contributed by atoms with Gasteiger partial charge >= 0.3 is 5.97 Å². The molecule has 0 bridgehead atoms. The van der Waals surface area contributed by atoms with Crippen molar-refractivity contribution in [1.82, 2.24) is 9.88 Å². The van der Waals surface area contributed by atoms with E-state index < -0.39 is 51.9 Å². The predicted molar refractivity (Wildman–Crippen MR) is 112 cm³/mol. The lowest BCUT2D eigenvalue weighted by Gasteiger charge is -2.30. The summed E-state index contributed by atoms with van der Waals surface area (Å²) in [6, 6.07) is 2.81. The highest BCUT2D eigenvalue weighted by Crippen LogP contribution is 2.33. The van der Waals surface area contributed by atoms with E-state index in [9.17, 15) is 28.6 Å². The minimum atomic E-state index is -1.61. The van der Waals surface area contributed by atoms with E-state index in [1.807, 2.05) is 0 Å². The number of aromatic nitrogens is 1. The number of pyridine rings is 1. The van der Waals surface area contributed by atoms with E-state index in [0.29, 0.717) is 26.2 Å². The molecule has 1 aliphatic heterocycles. The Morgan fingerprint density at radius 3 is 2.44 bits per heavy atom. The van der Waals surface area contributed by atoms with Crippen LogP contribution in [0.2, 0.25) is 0 Å². The number of carboxylic acids is 1. The van der Waals surface area contributed by atoms with Gasteiger partial charge in [-0.25, -0.2) is 18.0 Å². The van der Waals surface area contributed by atoms with E-state index >= 15 is 4.39 Å². The summed E-state index contributed by atoms with van der Waals surface area (Å²) >= 11 is 0. The average Bonchev–Trinajstić information content (AvgIpc) is 2.76. The van der Waals surface area contributed by atoms with Crippen LogP contribution >= 0.6 is 0 Å². The summed E-state index contributed by atoms with van der Waals surface area (Å²) in [6.07, 6.45) is 0.862. The summed E-state index contributed by atoms with van der Waals surface area (Å²) in [5.41, 5.74) is 2.62. The van der Waals surface area contributed by atoms with Gasteiger partial charge in [0.1, 0.15) is 22.9 Å². The molecule has 0 spiro atoms. The highest BCUT2D eigenvalue weighted by Gasteiger charge is 2.27. The van der Waals surface area contributed by atoms with Crippen molar-refractivity contribution in [2.24, 2.45) is 0 Å². The molecule has 168 valence electrons. The van der Waals surface area contributed by atoms with Crippen molar-refractivity contribution < 1.29 is 28.2 Å². The van der Waals surface area contributed by atoms with Gasteiger partial charge in [-0.2, -0.15) is 0 Å². The lowest BCUT2D eigenvalue weighted by Crippen LogP contribution is -2.44. The van der Waals surface area contributed by atoms with Crippen LogP contribution in [0, 0.1) is 17.5 Å². The molecular formula is C21H19F3N4O4. The molecule has 1 aliphatic rings. The summed E-state index contributed by atoms with van der Waals surface area (Å²) in [6.45, 7) is 0.913. The second kappa shape index (κ2) is 8.17. The average molecular weight is 448 g/mol. The van der Waals surface area contributed by atoms with Gasteiger partial charge in [-0.1, -0.05) is 0 Å². The number of rotatable bonds is 4. The van der Waals surface area contributed by atoms with Crippen molar-refractivity contribution >= 4 is 28.2 Å². The summed E-state index contributed by atoms with van der Waals surface area (Å²) in [5.74, 6) is -4.54. The fraction of sp³-hybridized carbons (Fsp3) is 0.238. The number of hydrogen-bond acceptors (Lipinski definition) is 6. The number of aromatic carboxylic acids is 1. The lowest BCUT2D eigenvalue weighted by atomic mass is 10.1. The summed E-state index contributed by atoms with van der Waals surface area (Å²) in [7, 11) is 0. The third-order valence-electron chi connectivity index (χ3n) is 5.45. The van der Waals surface area contributed by atoms with E-state index in [1.54, 1.807) is 0 Å². The molecule has 1 saturated heterocycles. The van der Waals surface area contributed by atoms with Gasteiger partial charge in [-0.15, -0.1) is 0 Å². The van der Waals surface area contributed by atoms with E-state index in [-0.39, 0.29) is 22.6 Å². The Bertz CT molecular complexity index is 1300. The number of fused-ring (bicyclic) bond motifs is 1. The van der Waals surface area contributed by atoms with Gasteiger partial charge in [-0.05, 0) is 18.2 Å². The molecule has 32 heavy (non-hydrogen) atoms. The van der Waals surface area contributed by atoms with Crippen molar-refractivity contribution in [1.29, 1.82) is 0 Å². The Morgan fingerprint density at radius 1 is 1.12 bits per heavy atom. The number of nitrogen functional groups attached to an aromatic ring is 1.